The zero-order chi connectivity index (χ0) is 17.7. The van der Waals surface area contributed by atoms with Crippen molar-refractivity contribution in [3.63, 3.8) is 0 Å². The number of anilines is 2. The number of carbonyl (C=O) groups excluding carboxylic acids is 1. The fourth-order valence-corrected chi connectivity index (χ4v) is 2.61. The van der Waals surface area contributed by atoms with Crippen molar-refractivity contribution in [3.8, 4) is 5.75 Å². The Morgan fingerprint density at radius 2 is 1.88 bits per heavy atom. The van der Waals surface area contributed by atoms with E-state index in [4.69, 9.17) is 39.5 Å². The number of hydrogen-bond acceptors (Lipinski definition) is 3. The fourth-order valence-electron chi connectivity index (χ4n) is 2.09. The summed E-state index contributed by atoms with van der Waals surface area (Å²) in [4.78, 5) is 12.1. The largest absolute Gasteiger partial charge is 0.495 e. The maximum Gasteiger partial charge on any atom is 0.226 e. The van der Waals surface area contributed by atoms with Gasteiger partial charge in [0.2, 0.25) is 5.91 Å². The monoisotopic (exact) mass is 386 g/mol. The molecule has 0 aliphatic heterocycles. The van der Waals surface area contributed by atoms with Crippen LogP contribution in [0.3, 0.4) is 0 Å². The highest BCUT2D eigenvalue weighted by atomic mass is 35.5. The lowest BCUT2D eigenvalue weighted by atomic mass is 10.2. The van der Waals surface area contributed by atoms with Gasteiger partial charge in [0.25, 0.3) is 0 Å². The van der Waals surface area contributed by atoms with E-state index >= 15 is 0 Å². The van der Waals surface area contributed by atoms with Crippen LogP contribution in [0.5, 0.6) is 5.75 Å². The van der Waals surface area contributed by atoms with E-state index in [9.17, 15) is 4.79 Å². The predicted octanol–water partition coefficient (Wildman–Crippen LogP) is 5.40. The second-order valence-electron chi connectivity index (χ2n) is 5.13. The van der Waals surface area contributed by atoms with Crippen LogP contribution in [0.2, 0.25) is 15.1 Å². The lowest BCUT2D eigenvalue weighted by Gasteiger charge is -2.13. The second kappa shape index (κ2) is 8.47. The van der Waals surface area contributed by atoms with Gasteiger partial charge in [-0.15, -0.1) is 0 Å². The number of rotatable bonds is 6. The van der Waals surface area contributed by atoms with Gasteiger partial charge in [-0.2, -0.15) is 0 Å². The summed E-state index contributed by atoms with van der Waals surface area (Å²) in [6, 6.07) is 8.75. The third kappa shape index (κ3) is 4.69. The molecule has 0 heterocycles. The third-order valence-electron chi connectivity index (χ3n) is 3.37. The Balaban J connectivity index is 1.94. The van der Waals surface area contributed by atoms with Gasteiger partial charge < -0.3 is 15.4 Å². The van der Waals surface area contributed by atoms with Gasteiger partial charge in [0.15, 0.2) is 0 Å². The smallest absolute Gasteiger partial charge is 0.226 e. The van der Waals surface area contributed by atoms with Gasteiger partial charge in [0, 0.05) is 24.1 Å². The highest BCUT2D eigenvalue weighted by molar-refractivity contribution is 6.43. The quantitative estimate of drug-likeness (QED) is 0.697. The van der Waals surface area contributed by atoms with Crippen LogP contribution in [0.15, 0.2) is 30.3 Å². The van der Waals surface area contributed by atoms with Crippen LogP contribution in [-0.4, -0.2) is 19.6 Å². The minimum absolute atomic E-state index is 0.152. The van der Waals surface area contributed by atoms with Crippen molar-refractivity contribution in [2.24, 2.45) is 0 Å². The lowest BCUT2D eigenvalue weighted by molar-refractivity contribution is -0.115. The van der Waals surface area contributed by atoms with Crippen LogP contribution in [0, 0.1) is 6.92 Å². The highest BCUT2D eigenvalue weighted by Crippen LogP contribution is 2.31. The number of aryl methyl sites for hydroxylation is 1. The first-order valence-corrected chi connectivity index (χ1v) is 8.37. The fraction of sp³-hybridized carbons (Fsp3) is 0.235. The Bertz CT molecular complexity index is 751. The Labute approximate surface area is 156 Å². The zero-order valence-electron chi connectivity index (χ0n) is 13.3. The molecule has 2 rings (SSSR count). The van der Waals surface area contributed by atoms with Crippen LogP contribution in [0.4, 0.5) is 11.4 Å². The van der Waals surface area contributed by atoms with Crippen molar-refractivity contribution >= 4 is 52.1 Å². The maximum atomic E-state index is 12.1. The number of methoxy groups -OCH3 is 1. The first kappa shape index (κ1) is 18.7. The van der Waals surface area contributed by atoms with Crippen LogP contribution in [0.1, 0.15) is 12.0 Å². The minimum Gasteiger partial charge on any atom is -0.495 e. The molecule has 0 fully saturated rings. The summed E-state index contributed by atoms with van der Waals surface area (Å²) in [7, 11) is 1.53. The molecule has 2 aromatic rings. The Morgan fingerprint density at radius 3 is 2.58 bits per heavy atom. The molecule has 24 heavy (non-hydrogen) atoms. The molecule has 0 saturated carbocycles. The van der Waals surface area contributed by atoms with Crippen molar-refractivity contribution in [2.45, 2.75) is 13.3 Å². The van der Waals surface area contributed by atoms with Crippen LogP contribution in [0.25, 0.3) is 0 Å². The average molecular weight is 388 g/mol. The number of hydrogen-bond donors (Lipinski definition) is 2. The molecule has 0 spiro atoms. The second-order valence-corrected chi connectivity index (χ2v) is 6.32. The van der Waals surface area contributed by atoms with Crippen molar-refractivity contribution < 1.29 is 9.53 Å². The van der Waals surface area contributed by atoms with Crippen molar-refractivity contribution in [3.05, 3.63) is 51.0 Å². The van der Waals surface area contributed by atoms with Crippen LogP contribution >= 0.6 is 34.8 Å². The molecule has 128 valence electrons. The standard InChI is InChI=1S/C17H17Cl3N2O2/c1-10-8-14(15(24-2)9-12(10)19)22-16(23)6-7-21-13-5-3-4-11(18)17(13)20/h3-5,8-9,21H,6-7H2,1-2H3,(H,22,23). The lowest BCUT2D eigenvalue weighted by Crippen LogP contribution is -2.17. The number of ether oxygens (including phenoxy) is 1. The van der Waals surface area contributed by atoms with E-state index in [0.29, 0.717) is 38.7 Å². The predicted molar refractivity (Wildman–Crippen MR) is 101 cm³/mol. The first-order valence-electron chi connectivity index (χ1n) is 7.24. The van der Waals surface area contributed by atoms with E-state index in [-0.39, 0.29) is 12.3 Å². The number of carbonyl (C=O) groups is 1. The molecule has 2 N–H and O–H groups in total. The van der Waals surface area contributed by atoms with Crippen molar-refractivity contribution in [1.82, 2.24) is 0 Å². The molecule has 0 bridgehead atoms. The van der Waals surface area contributed by atoms with E-state index in [0.717, 1.165) is 5.56 Å². The van der Waals surface area contributed by atoms with Crippen LogP contribution < -0.4 is 15.4 Å². The molecule has 0 atom stereocenters. The van der Waals surface area contributed by atoms with Crippen LogP contribution in [-0.2, 0) is 4.79 Å². The average Bonchev–Trinajstić information content (AvgIpc) is 2.54. The molecule has 0 aliphatic rings. The summed E-state index contributed by atoms with van der Waals surface area (Å²) in [5, 5.41) is 7.40. The number of amides is 1. The van der Waals surface area contributed by atoms with E-state index in [1.165, 1.54) is 7.11 Å². The highest BCUT2D eigenvalue weighted by Gasteiger charge is 2.11. The molecule has 7 heteroatoms. The zero-order valence-corrected chi connectivity index (χ0v) is 15.5. The maximum absolute atomic E-state index is 12.1. The summed E-state index contributed by atoms with van der Waals surface area (Å²) in [6.45, 7) is 2.28. The summed E-state index contributed by atoms with van der Waals surface area (Å²) in [5.74, 6) is 0.366. The molecule has 1 amide bonds. The van der Waals surface area contributed by atoms with Gasteiger partial charge in [-0.3, -0.25) is 4.79 Å². The minimum atomic E-state index is -0.152. The first-order chi connectivity index (χ1) is 11.4. The molecule has 0 unspecified atom stereocenters. The molecule has 0 aromatic heterocycles. The summed E-state index contributed by atoms with van der Waals surface area (Å²) in [5.41, 5.74) is 2.14. The Hall–Kier alpha value is -1.62. The number of halogens is 3. The van der Waals surface area contributed by atoms with Gasteiger partial charge in [-0.1, -0.05) is 40.9 Å². The normalized spacial score (nSPS) is 10.4. The molecule has 4 nitrogen and oxygen atoms in total. The molecule has 0 saturated heterocycles. The van der Waals surface area contributed by atoms with E-state index in [1.807, 2.05) is 6.92 Å². The van der Waals surface area contributed by atoms with Gasteiger partial charge in [0.05, 0.1) is 28.5 Å². The molecular weight excluding hydrogens is 371 g/mol. The van der Waals surface area contributed by atoms with Gasteiger partial charge in [0.1, 0.15) is 5.75 Å². The Morgan fingerprint density at radius 1 is 1.12 bits per heavy atom. The van der Waals surface area contributed by atoms with E-state index < -0.39 is 0 Å². The van der Waals surface area contributed by atoms with Gasteiger partial charge in [-0.05, 0) is 30.7 Å². The van der Waals surface area contributed by atoms with Crippen molar-refractivity contribution in [2.75, 3.05) is 24.3 Å². The molecule has 0 radical (unpaired) electrons. The summed E-state index contributed by atoms with van der Waals surface area (Å²) < 4.78 is 5.24. The summed E-state index contributed by atoms with van der Waals surface area (Å²) >= 11 is 18.1. The molecule has 2 aromatic carbocycles. The number of benzene rings is 2. The third-order valence-corrected chi connectivity index (χ3v) is 4.60. The van der Waals surface area contributed by atoms with E-state index in [1.54, 1.807) is 30.3 Å². The SMILES string of the molecule is COc1cc(Cl)c(C)cc1NC(=O)CCNc1cccc(Cl)c1Cl. The molecular formula is C17H17Cl3N2O2. The van der Waals surface area contributed by atoms with Crippen molar-refractivity contribution in [1.29, 1.82) is 0 Å². The van der Waals surface area contributed by atoms with E-state index in [2.05, 4.69) is 10.6 Å². The summed E-state index contributed by atoms with van der Waals surface area (Å²) in [6.07, 6.45) is 0.258. The topological polar surface area (TPSA) is 50.4 Å². The van der Waals surface area contributed by atoms with Gasteiger partial charge >= 0.3 is 0 Å². The Kier molecular flexibility index (Phi) is 6.60. The number of nitrogens with one attached hydrogen (secondary N) is 2. The van der Waals surface area contributed by atoms with Gasteiger partial charge in [-0.25, -0.2) is 0 Å². The molecule has 0 aliphatic carbocycles.